The van der Waals surface area contributed by atoms with Crippen LogP contribution in [0.5, 0.6) is 0 Å². The molecule has 1 aliphatic rings. The molecule has 1 aliphatic heterocycles. The summed E-state index contributed by atoms with van der Waals surface area (Å²) in [6, 6.07) is 9.90. The fraction of sp³-hybridized carbons (Fsp3) is 0.438. The molecule has 0 aliphatic carbocycles. The van der Waals surface area contributed by atoms with Gasteiger partial charge in [0, 0.05) is 24.2 Å². The molecule has 4 nitrogen and oxygen atoms in total. The van der Waals surface area contributed by atoms with Crippen LogP contribution in [0.25, 0.3) is 10.9 Å². The Labute approximate surface area is 118 Å². The van der Waals surface area contributed by atoms with E-state index >= 15 is 0 Å². The summed E-state index contributed by atoms with van der Waals surface area (Å²) in [5, 5.41) is 1.09. The molecule has 1 fully saturated rings. The highest BCUT2D eigenvalue weighted by atomic mass is 16.1. The van der Waals surface area contributed by atoms with Gasteiger partial charge in [-0.15, -0.1) is 0 Å². The molecule has 1 unspecified atom stereocenters. The summed E-state index contributed by atoms with van der Waals surface area (Å²) >= 11 is 0. The van der Waals surface area contributed by atoms with Gasteiger partial charge in [0.05, 0.1) is 0 Å². The van der Waals surface area contributed by atoms with E-state index < -0.39 is 0 Å². The van der Waals surface area contributed by atoms with Gasteiger partial charge in [-0.25, -0.2) is 0 Å². The molecule has 0 radical (unpaired) electrons. The Hall–Kier alpha value is -1.65. The lowest BCUT2D eigenvalue weighted by Crippen LogP contribution is -2.32. The monoisotopic (exact) mass is 271 g/mol. The molecular formula is C16H21N3O. The largest absolute Gasteiger partial charge is 0.330 e. The van der Waals surface area contributed by atoms with Gasteiger partial charge in [0.2, 0.25) is 0 Å². The number of aromatic nitrogens is 1. The SMILES string of the molecule is CC1(CN)CCN(Cc2cc3ccccc3[nH]c2=O)C1. The number of para-hydroxylation sites is 1. The summed E-state index contributed by atoms with van der Waals surface area (Å²) < 4.78 is 0. The third-order valence-electron chi connectivity index (χ3n) is 4.35. The van der Waals surface area contributed by atoms with Gasteiger partial charge in [0.25, 0.3) is 5.56 Å². The van der Waals surface area contributed by atoms with Crippen molar-refractivity contribution in [2.75, 3.05) is 19.6 Å². The molecule has 3 rings (SSSR count). The Kier molecular flexibility index (Phi) is 3.36. The van der Waals surface area contributed by atoms with Gasteiger partial charge in [0.1, 0.15) is 0 Å². The number of likely N-dealkylation sites (tertiary alicyclic amines) is 1. The molecule has 2 aromatic rings. The normalized spacial score (nSPS) is 23.5. The van der Waals surface area contributed by atoms with Crippen LogP contribution < -0.4 is 11.3 Å². The number of H-pyrrole nitrogens is 1. The molecule has 20 heavy (non-hydrogen) atoms. The number of nitrogens with zero attached hydrogens (tertiary/aromatic N) is 1. The highest BCUT2D eigenvalue weighted by Crippen LogP contribution is 2.29. The van der Waals surface area contributed by atoms with Gasteiger partial charge in [-0.1, -0.05) is 25.1 Å². The smallest absolute Gasteiger partial charge is 0.252 e. The minimum atomic E-state index is 0.0186. The average Bonchev–Trinajstić information content (AvgIpc) is 2.82. The van der Waals surface area contributed by atoms with Crippen molar-refractivity contribution in [1.29, 1.82) is 0 Å². The van der Waals surface area contributed by atoms with Crippen molar-refractivity contribution >= 4 is 10.9 Å². The van der Waals surface area contributed by atoms with Crippen LogP contribution in [0.4, 0.5) is 0 Å². The first-order valence-electron chi connectivity index (χ1n) is 7.13. The zero-order valence-electron chi connectivity index (χ0n) is 11.9. The molecule has 1 aromatic carbocycles. The Morgan fingerprint density at radius 2 is 2.20 bits per heavy atom. The van der Waals surface area contributed by atoms with Crippen molar-refractivity contribution < 1.29 is 0 Å². The van der Waals surface area contributed by atoms with Gasteiger partial charge in [-0.05, 0) is 42.4 Å². The van der Waals surface area contributed by atoms with Crippen molar-refractivity contribution in [1.82, 2.24) is 9.88 Å². The molecule has 1 atom stereocenters. The van der Waals surface area contributed by atoms with Crippen LogP contribution in [0.15, 0.2) is 35.1 Å². The van der Waals surface area contributed by atoms with Crippen LogP contribution in [0, 0.1) is 5.41 Å². The first-order chi connectivity index (χ1) is 9.59. The van der Waals surface area contributed by atoms with E-state index in [1.165, 1.54) is 0 Å². The second-order valence-electron chi connectivity index (χ2n) is 6.19. The van der Waals surface area contributed by atoms with Gasteiger partial charge in [0.15, 0.2) is 0 Å². The molecule has 1 aromatic heterocycles. The maximum Gasteiger partial charge on any atom is 0.252 e. The summed E-state index contributed by atoms with van der Waals surface area (Å²) in [6.07, 6.45) is 1.11. The lowest BCUT2D eigenvalue weighted by Gasteiger charge is -2.22. The lowest BCUT2D eigenvalue weighted by atomic mass is 9.90. The molecule has 0 saturated carbocycles. The number of benzene rings is 1. The molecule has 4 heteroatoms. The molecule has 106 valence electrons. The Morgan fingerprint density at radius 1 is 1.40 bits per heavy atom. The first kappa shape index (κ1) is 13.3. The van der Waals surface area contributed by atoms with Crippen LogP contribution in [-0.2, 0) is 6.54 Å². The number of rotatable bonds is 3. The van der Waals surface area contributed by atoms with E-state index in [1.54, 1.807) is 0 Å². The predicted molar refractivity (Wildman–Crippen MR) is 81.6 cm³/mol. The Balaban J connectivity index is 1.85. The number of pyridine rings is 1. The van der Waals surface area contributed by atoms with Crippen LogP contribution in [-0.4, -0.2) is 29.5 Å². The number of nitrogens with two attached hydrogens (primary N) is 1. The van der Waals surface area contributed by atoms with Crippen molar-refractivity contribution in [3.8, 4) is 0 Å². The van der Waals surface area contributed by atoms with E-state index in [1.807, 2.05) is 30.3 Å². The number of fused-ring (bicyclic) bond motifs is 1. The van der Waals surface area contributed by atoms with E-state index in [0.717, 1.165) is 36.0 Å². The number of aromatic amines is 1. The maximum atomic E-state index is 12.1. The number of hydrogen-bond acceptors (Lipinski definition) is 3. The molecular weight excluding hydrogens is 250 g/mol. The van der Waals surface area contributed by atoms with Crippen molar-refractivity contribution in [3.05, 3.63) is 46.2 Å². The van der Waals surface area contributed by atoms with Crippen LogP contribution >= 0.6 is 0 Å². The zero-order chi connectivity index (χ0) is 14.2. The average molecular weight is 271 g/mol. The topological polar surface area (TPSA) is 62.1 Å². The summed E-state index contributed by atoms with van der Waals surface area (Å²) in [4.78, 5) is 17.4. The van der Waals surface area contributed by atoms with Crippen LogP contribution in [0.1, 0.15) is 18.9 Å². The quantitative estimate of drug-likeness (QED) is 0.893. The predicted octanol–water partition coefficient (Wildman–Crippen LogP) is 1.70. The lowest BCUT2D eigenvalue weighted by molar-refractivity contribution is 0.274. The summed E-state index contributed by atoms with van der Waals surface area (Å²) in [5.74, 6) is 0. The molecule has 2 heterocycles. The second kappa shape index (κ2) is 5.04. The minimum Gasteiger partial charge on any atom is -0.330 e. The molecule has 0 spiro atoms. The Morgan fingerprint density at radius 3 is 2.95 bits per heavy atom. The summed E-state index contributed by atoms with van der Waals surface area (Å²) in [6.45, 7) is 5.61. The van der Waals surface area contributed by atoms with E-state index in [0.29, 0.717) is 13.1 Å². The van der Waals surface area contributed by atoms with Crippen LogP contribution in [0.3, 0.4) is 0 Å². The highest BCUT2D eigenvalue weighted by Gasteiger charge is 2.32. The molecule has 0 amide bonds. The van der Waals surface area contributed by atoms with E-state index in [4.69, 9.17) is 5.73 Å². The second-order valence-corrected chi connectivity index (χ2v) is 6.19. The standard InChI is InChI=1S/C16H21N3O/c1-16(10-17)6-7-19(11-16)9-13-8-12-4-2-3-5-14(12)18-15(13)20/h2-5,8H,6-7,9-11,17H2,1H3,(H,18,20). The van der Waals surface area contributed by atoms with Crippen molar-refractivity contribution in [3.63, 3.8) is 0 Å². The number of hydrogen-bond donors (Lipinski definition) is 2. The third-order valence-corrected chi connectivity index (χ3v) is 4.35. The zero-order valence-corrected chi connectivity index (χ0v) is 11.9. The fourth-order valence-electron chi connectivity index (χ4n) is 2.98. The molecule has 1 saturated heterocycles. The Bertz CT molecular complexity index is 679. The minimum absolute atomic E-state index is 0.0186. The first-order valence-corrected chi connectivity index (χ1v) is 7.13. The van der Waals surface area contributed by atoms with Crippen LogP contribution in [0.2, 0.25) is 0 Å². The third kappa shape index (κ3) is 2.49. The van der Waals surface area contributed by atoms with E-state index in [2.05, 4.69) is 16.8 Å². The van der Waals surface area contributed by atoms with E-state index in [9.17, 15) is 4.79 Å². The summed E-state index contributed by atoms with van der Waals surface area (Å²) in [7, 11) is 0. The van der Waals surface area contributed by atoms with Gasteiger partial charge >= 0.3 is 0 Å². The molecule has 3 N–H and O–H groups in total. The number of nitrogens with one attached hydrogen (secondary N) is 1. The van der Waals surface area contributed by atoms with Gasteiger partial charge in [-0.3, -0.25) is 9.69 Å². The highest BCUT2D eigenvalue weighted by molar-refractivity contribution is 5.78. The van der Waals surface area contributed by atoms with Crippen molar-refractivity contribution in [2.45, 2.75) is 19.9 Å². The molecule has 0 bridgehead atoms. The summed E-state index contributed by atoms with van der Waals surface area (Å²) in [5.41, 5.74) is 7.79. The van der Waals surface area contributed by atoms with Gasteiger partial charge < -0.3 is 10.7 Å². The van der Waals surface area contributed by atoms with Gasteiger partial charge in [-0.2, -0.15) is 0 Å². The van der Waals surface area contributed by atoms with Crippen molar-refractivity contribution in [2.24, 2.45) is 11.1 Å². The fourth-order valence-corrected chi connectivity index (χ4v) is 2.98. The van der Waals surface area contributed by atoms with E-state index in [-0.39, 0.29) is 11.0 Å². The maximum absolute atomic E-state index is 12.1.